The third-order valence-corrected chi connectivity index (χ3v) is 7.15. The minimum absolute atomic E-state index is 0. The molecule has 32 heavy (non-hydrogen) atoms. The smallest absolute Gasteiger partial charge is 0.756 e. The predicted molar refractivity (Wildman–Crippen MR) is 108 cm³/mol. The van der Waals surface area contributed by atoms with Crippen molar-refractivity contribution in [1.29, 1.82) is 0 Å². The summed E-state index contributed by atoms with van der Waals surface area (Å²) in [6, 6.07) is 7.22. The Morgan fingerprint density at radius 3 is 2.81 bits per heavy atom. The van der Waals surface area contributed by atoms with Gasteiger partial charge in [-0.1, -0.05) is 23.4 Å². The van der Waals surface area contributed by atoms with Crippen LogP contribution in [0.15, 0.2) is 40.6 Å². The van der Waals surface area contributed by atoms with E-state index in [1.807, 2.05) is 12.1 Å². The van der Waals surface area contributed by atoms with Crippen LogP contribution in [0.2, 0.25) is 5.02 Å². The number of nitrogens with two attached hydrogens (primary N) is 1. The van der Waals surface area contributed by atoms with Crippen molar-refractivity contribution in [3.05, 3.63) is 35.6 Å². The van der Waals surface area contributed by atoms with Crippen LogP contribution < -0.4 is 40.2 Å². The average Bonchev–Trinajstić information content (AvgIpc) is 3.26. The largest absolute Gasteiger partial charge is 1.00 e. The van der Waals surface area contributed by atoms with E-state index in [0.29, 0.717) is 21.3 Å². The molecule has 5 rings (SSSR count). The van der Waals surface area contributed by atoms with Crippen LogP contribution >= 0.6 is 31.2 Å². The first-order valence-corrected chi connectivity index (χ1v) is 11.8. The fraction of sp³-hybridized carbons (Fsp3) is 0.353. The SMILES string of the molecule is CO[C@@H]1[C@@H]2OP(=O)([O-])OC[C@H]2O[C@H]1n1c(Sc2ccc(Cl)cc2)nc2c(N)ncnc21.[Na+]. The van der Waals surface area contributed by atoms with Crippen molar-refractivity contribution >= 4 is 48.2 Å². The van der Waals surface area contributed by atoms with Gasteiger partial charge in [-0.2, -0.15) is 0 Å². The van der Waals surface area contributed by atoms with Gasteiger partial charge in [-0.05, 0) is 24.3 Å². The van der Waals surface area contributed by atoms with Gasteiger partial charge in [0.05, 0.1) is 6.61 Å². The summed E-state index contributed by atoms with van der Waals surface area (Å²) in [5.41, 5.74) is 6.83. The van der Waals surface area contributed by atoms with Crippen molar-refractivity contribution in [2.75, 3.05) is 19.5 Å². The molecule has 1 unspecified atom stereocenters. The second-order valence-electron chi connectivity index (χ2n) is 6.83. The van der Waals surface area contributed by atoms with Gasteiger partial charge >= 0.3 is 29.6 Å². The number of methoxy groups -OCH3 is 1. The monoisotopic (exact) mass is 507 g/mol. The van der Waals surface area contributed by atoms with Gasteiger partial charge in [0.1, 0.15) is 24.6 Å². The van der Waals surface area contributed by atoms with Crippen molar-refractivity contribution in [2.45, 2.75) is 34.6 Å². The molecule has 15 heteroatoms. The van der Waals surface area contributed by atoms with Crippen LogP contribution in [0, 0.1) is 0 Å². The summed E-state index contributed by atoms with van der Waals surface area (Å²) >= 11 is 7.33. The molecule has 0 aliphatic carbocycles. The average molecular weight is 508 g/mol. The maximum atomic E-state index is 11.8. The molecule has 2 N–H and O–H groups in total. The Labute approximate surface area is 213 Å². The molecule has 0 saturated carbocycles. The number of benzene rings is 1. The Kier molecular flexibility index (Phi) is 7.21. The number of imidazole rings is 1. The van der Waals surface area contributed by atoms with Gasteiger partial charge in [0, 0.05) is 17.0 Å². The van der Waals surface area contributed by atoms with Crippen molar-refractivity contribution in [1.82, 2.24) is 19.5 Å². The molecule has 5 atom stereocenters. The molecule has 3 aromatic rings. The van der Waals surface area contributed by atoms with E-state index in [2.05, 4.69) is 15.0 Å². The molecule has 2 aliphatic rings. The number of aromatic nitrogens is 4. The van der Waals surface area contributed by atoms with Gasteiger partial charge in [0.15, 0.2) is 28.4 Å². The van der Waals surface area contributed by atoms with Gasteiger partial charge in [0.25, 0.3) is 7.82 Å². The third-order valence-electron chi connectivity index (χ3n) is 4.96. The number of hydrogen-bond donors (Lipinski definition) is 1. The zero-order valence-electron chi connectivity index (χ0n) is 17.0. The first-order chi connectivity index (χ1) is 14.9. The molecular formula is C17H16ClN5NaO6PS. The van der Waals surface area contributed by atoms with Crippen LogP contribution in [0.1, 0.15) is 6.23 Å². The summed E-state index contributed by atoms with van der Waals surface area (Å²) < 4.78 is 35.2. The van der Waals surface area contributed by atoms with Crippen LogP contribution in [0.25, 0.3) is 11.2 Å². The van der Waals surface area contributed by atoms with Crippen molar-refractivity contribution in [3.8, 4) is 0 Å². The van der Waals surface area contributed by atoms with E-state index in [4.69, 9.17) is 35.9 Å². The fourth-order valence-corrected chi connectivity index (χ4v) is 5.57. The first kappa shape index (κ1) is 24.4. The minimum Gasteiger partial charge on any atom is -0.756 e. The molecule has 0 amide bonds. The van der Waals surface area contributed by atoms with E-state index in [9.17, 15) is 9.46 Å². The predicted octanol–water partition coefficient (Wildman–Crippen LogP) is -0.987. The molecule has 2 aromatic heterocycles. The van der Waals surface area contributed by atoms with Gasteiger partial charge in [-0.15, -0.1) is 0 Å². The van der Waals surface area contributed by atoms with Crippen LogP contribution in [-0.4, -0.2) is 51.5 Å². The number of ether oxygens (including phenoxy) is 2. The minimum atomic E-state index is -4.44. The number of halogens is 1. The number of phosphoric acid groups is 1. The van der Waals surface area contributed by atoms with Crippen LogP contribution in [0.3, 0.4) is 0 Å². The van der Waals surface area contributed by atoms with E-state index >= 15 is 0 Å². The molecule has 2 aliphatic heterocycles. The van der Waals surface area contributed by atoms with E-state index in [0.717, 1.165) is 4.90 Å². The summed E-state index contributed by atoms with van der Waals surface area (Å²) in [6.45, 7) is -0.175. The summed E-state index contributed by atoms with van der Waals surface area (Å²) in [5, 5.41) is 1.11. The normalized spacial score (nSPS) is 29.6. The topological polar surface area (TPSA) is 147 Å². The maximum Gasteiger partial charge on any atom is 1.00 e. The van der Waals surface area contributed by atoms with Gasteiger partial charge in [-0.25, -0.2) is 15.0 Å². The molecule has 0 radical (unpaired) electrons. The molecule has 0 bridgehead atoms. The molecule has 1 aromatic carbocycles. The second kappa shape index (κ2) is 9.47. The molecule has 164 valence electrons. The van der Waals surface area contributed by atoms with Crippen molar-refractivity contribution in [3.63, 3.8) is 0 Å². The maximum absolute atomic E-state index is 11.8. The van der Waals surface area contributed by atoms with E-state index in [1.165, 1.54) is 25.2 Å². The first-order valence-electron chi connectivity index (χ1n) is 9.10. The quantitative estimate of drug-likeness (QED) is 0.343. The number of rotatable bonds is 4. The Morgan fingerprint density at radius 1 is 1.34 bits per heavy atom. The molecular weight excluding hydrogens is 492 g/mol. The number of nitrogen functional groups attached to an aromatic ring is 1. The van der Waals surface area contributed by atoms with E-state index in [1.54, 1.807) is 16.7 Å². The molecule has 2 saturated heterocycles. The van der Waals surface area contributed by atoms with Crippen molar-refractivity contribution in [2.24, 2.45) is 0 Å². The molecule has 0 spiro atoms. The molecule has 2 fully saturated rings. The zero-order chi connectivity index (χ0) is 21.8. The summed E-state index contributed by atoms with van der Waals surface area (Å²) in [5.74, 6) is 0.203. The standard InChI is InChI=1S/C17H17ClN5O6PS.Na/c1-26-13-12-10(6-27-30(24,25)29-12)28-16(13)23-15-11(14(19)20-7-21-15)22-17(23)31-9-4-2-8(18)3-5-9;/h2-5,7,10,12-13,16H,6H2,1H3,(H,24,25)(H2,19,20,21);/q;+1/p-1/t10-,12-,13-,16-;/m1./s1. The van der Waals surface area contributed by atoms with Gasteiger partial charge in [0.2, 0.25) is 0 Å². The second-order valence-corrected chi connectivity index (χ2v) is 9.67. The Hall–Kier alpha value is -0.760. The van der Waals surface area contributed by atoms with Crippen LogP contribution in [0.4, 0.5) is 5.82 Å². The number of nitrogens with zero attached hydrogens (tertiary/aromatic N) is 4. The van der Waals surface area contributed by atoms with Crippen LogP contribution in [-0.2, 0) is 23.1 Å². The van der Waals surface area contributed by atoms with Gasteiger partial charge < -0.3 is 29.1 Å². The molecule has 4 heterocycles. The fourth-order valence-electron chi connectivity index (χ4n) is 3.59. The summed E-state index contributed by atoms with van der Waals surface area (Å²) in [6.07, 6.45) is -1.78. The number of hydrogen-bond acceptors (Lipinski definition) is 11. The third kappa shape index (κ3) is 4.47. The molecule has 11 nitrogen and oxygen atoms in total. The van der Waals surface area contributed by atoms with Crippen molar-refractivity contribution < 1.29 is 57.5 Å². The summed E-state index contributed by atoms with van der Waals surface area (Å²) in [7, 11) is -2.99. The van der Waals surface area contributed by atoms with Gasteiger partial charge in [-0.3, -0.25) is 9.13 Å². The van der Waals surface area contributed by atoms with E-state index < -0.39 is 32.4 Å². The zero-order valence-corrected chi connectivity index (χ0v) is 21.4. The van der Waals surface area contributed by atoms with E-state index in [-0.39, 0.29) is 42.0 Å². The Balaban J connectivity index is 0.00000245. The number of fused-ring (bicyclic) bond motifs is 2. The Morgan fingerprint density at radius 2 is 2.09 bits per heavy atom. The van der Waals surface area contributed by atoms with Crippen LogP contribution in [0.5, 0.6) is 0 Å². The Bertz CT molecular complexity index is 1190. The number of anilines is 1. The number of phosphoric ester groups is 1. The summed E-state index contributed by atoms with van der Waals surface area (Å²) in [4.78, 5) is 25.6.